The van der Waals surface area contributed by atoms with Gasteiger partial charge in [-0.05, 0) is 49.2 Å². The van der Waals surface area contributed by atoms with Crippen LogP contribution in [0.2, 0.25) is 0 Å². The van der Waals surface area contributed by atoms with Gasteiger partial charge in [0.05, 0.1) is 10.6 Å². The van der Waals surface area contributed by atoms with Gasteiger partial charge in [0.15, 0.2) is 0 Å². The summed E-state index contributed by atoms with van der Waals surface area (Å²) in [4.78, 5) is -0.223. The van der Waals surface area contributed by atoms with Crippen LogP contribution in [0.15, 0.2) is 53.4 Å². The number of hydrogen-bond acceptors (Lipinski definition) is 5. The zero-order valence-electron chi connectivity index (χ0n) is 16.1. The van der Waals surface area contributed by atoms with Crippen molar-refractivity contribution in [3.05, 3.63) is 59.7 Å². The molecule has 0 saturated heterocycles. The molecule has 0 aliphatic rings. The van der Waals surface area contributed by atoms with Crippen molar-refractivity contribution in [3.8, 4) is 5.75 Å². The molecule has 0 saturated carbocycles. The van der Waals surface area contributed by atoms with E-state index >= 15 is 0 Å². The predicted octanol–water partition coefficient (Wildman–Crippen LogP) is 2.89. The van der Waals surface area contributed by atoms with Crippen molar-refractivity contribution in [2.45, 2.75) is 43.4 Å². The van der Waals surface area contributed by atoms with Crippen molar-refractivity contribution in [2.75, 3.05) is 0 Å². The first kappa shape index (κ1) is 24.1. The van der Waals surface area contributed by atoms with Crippen LogP contribution >= 0.6 is 0 Å². The number of rotatable bonds is 9. The molecule has 0 unspecified atom stereocenters. The van der Waals surface area contributed by atoms with Gasteiger partial charge in [0.1, 0.15) is 5.75 Å². The van der Waals surface area contributed by atoms with Crippen LogP contribution in [0.25, 0.3) is 0 Å². The highest BCUT2D eigenvalue weighted by atomic mass is 32.2. The van der Waals surface area contributed by atoms with Gasteiger partial charge in [-0.25, -0.2) is 26.3 Å². The summed E-state index contributed by atoms with van der Waals surface area (Å²) in [5.74, 6) is -0.734. The van der Waals surface area contributed by atoms with Crippen LogP contribution in [0.3, 0.4) is 0 Å². The van der Waals surface area contributed by atoms with E-state index in [2.05, 4.69) is 14.2 Å². The molecule has 2 rings (SSSR count). The van der Waals surface area contributed by atoms with E-state index in [1.165, 1.54) is 0 Å². The van der Waals surface area contributed by atoms with E-state index in [0.29, 0.717) is 11.1 Å². The molecule has 0 fully saturated rings. The Morgan fingerprint density at radius 2 is 1.43 bits per heavy atom. The van der Waals surface area contributed by atoms with Crippen LogP contribution in [-0.4, -0.2) is 29.2 Å². The van der Waals surface area contributed by atoms with Crippen molar-refractivity contribution >= 4 is 20.0 Å². The van der Waals surface area contributed by atoms with Crippen LogP contribution in [0.4, 0.5) is 13.2 Å². The number of nitrogens with one attached hydrogen (secondary N) is 2. The van der Waals surface area contributed by atoms with Gasteiger partial charge in [-0.2, -0.15) is 0 Å². The molecular formula is C18H21F3N2O5S2. The SMILES string of the molecule is CC(C)NS(=O)(=O)Cc1ccc(CNS(=O)(=O)c2ccc(OC(F)(F)F)cc2)cc1. The first-order valence-electron chi connectivity index (χ1n) is 8.69. The van der Waals surface area contributed by atoms with Gasteiger partial charge in [-0.3, -0.25) is 0 Å². The summed E-state index contributed by atoms with van der Waals surface area (Å²) >= 11 is 0. The summed E-state index contributed by atoms with van der Waals surface area (Å²) in [6.07, 6.45) is -4.87. The lowest BCUT2D eigenvalue weighted by Crippen LogP contribution is -2.31. The third-order valence-corrected chi connectivity index (χ3v) is 6.59. The molecule has 0 atom stereocenters. The van der Waals surface area contributed by atoms with Crippen molar-refractivity contribution in [2.24, 2.45) is 0 Å². The Labute approximate surface area is 173 Å². The Morgan fingerprint density at radius 1 is 0.900 bits per heavy atom. The third-order valence-electron chi connectivity index (χ3n) is 3.63. The average Bonchev–Trinajstić information content (AvgIpc) is 2.59. The van der Waals surface area contributed by atoms with Gasteiger partial charge in [-0.1, -0.05) is 24.3 Å². The van der Waals surface area contributed by atoms with Crippen LogP contribution < -0.4 is 14.2 Å². The molecule has 30 heavy (non-hydrogen) atoms. The molecule has 0 radical (unpaired) electrons. The summed E-state index contributed by atoms with van der Waals surface area (Å²) in [6.45, 7) is 3.34. The van der Waals surface area contributed by atoms with Gasteiger partial charge in [0, 0.05) is 12.6 Å². The predicted molar refractivity (Wildman–Crippen MR) is 104 cm³/mol. The molecule has 0 bridgehead atoms. The summed E-state index contributed by atoms with van der Waals surface area (Å²) in [6, 6.07) is 9.91. The third kappa shape index (κ3) is 7.94. The maximum absolute atomic E-state index is 12.3. The Hall–Kier alpha value is -2.15. The van der Waals surface area contributed by atoms with Crippen LogP contribution in [0.1, 0.15) is 25.0 Å². The number of halogens is 3. The quantitative estimate of drug-likeness (QED) is 0.592. The fourth-order valence-corrected chi connectivity index (χ4v) is 4.91. The second-order valence-corrected chi connectivity index (χ2v) is 10.2. The zero-order chi connectivity index (χ0) is 22.6. The van der Waals surface area contributed by atoms with Gasteiger partial charge in [0.25, 0.3) is 0 Å². The summed E-state index contributed by atoms with van der Waals surface area (Å²) in [5, 5.41) is 0. The Bertz CT molecular complexity index is 1050. The van der Waals surface area contributed by atoms with Crippen molar-refractivity contribution < 1.29 is 34.7 Å². The van der Waals surface area contributed by atoms with Gasteiger partial charge < -0.3 is 4.74 Å². The molecule has 2 N–H and O–H groups in total. The average molecular weight is 467 g/mol. The fraction of sp³-hybridized carbons (Fsp3) is 0.333. The Balaban J connectivity index is 1.99. The first-order valence-corrected chi connectivity index (χ1v) is 11.8. The minimum Gasteiger partial charge on any atom is -0.406 e. The van der Waals surface area contributed by atoms with E-state index in [1.54, 1.807) is 38.1 Å². The smallest absolute Gasteiger partial charge is 0.406 e. The second kappa shape index (κ2) is 9.33. The summed E-state index contributed by atoms with van der Waals surface area (Å²) in [5.41, 5.74) is 1.11. The molecule has 7 nitrogen and oxygen atoms in total. The molecule has 0 amide bonds. The maximum atomic E-state index is 12.3. The van der Waals surface area contributed by atoms with E-state index in [9.17, 15) is 30.0 Å². The lowest BCUT2D eigenvalue weighted by Gasteiger charge is -2.11. The van der Waals surface area contributed by atoms with E-state index < -0.39 is 32.2 Å². The molecule has 166 valence electrons. The van der Waals surface area contributed by atoms with Gasteiger partial charge >= 0.3 is 6.36 Å². The normalized spacial score (nSPS) is 12.9. The number of benzene rings is 2. The number of alkyl halides is 3. The molecule has 2 aromatic rings. The summed E-state index contributed by atoms with van der Waals surface area (Å²) < 4.78 is 93.5. The maximum Gasteiger partial charge on any atom is 0.573 e. The van der Waals surface area contributed by atoms with Gasteiger partial charge in [0.2, 0.25) is 20.0 Å². The zero-order valence-corrected chi connectivity index (χ0v) is 17.7. The van der Waals surface area contributed by atoms with Crippen molar-refractivity contribution in [1.82, 2.24) is 9.44 Å². The van der Waals surface area contributed by atoms with Crippen molar-refractivity contribution in [1.29, 1.82) is 0 Å². The Morgan fingerprint density at radius 3 is 1.93 bits per heavy atom. The van der Waals surface area contributed by atoms with E-state index in [0.717, 1.165) is 24.3 Å². The number of hydrogen-bond donors (Lipinski definition) is 2. The van der Waals surface area contributed by atoms with Gasteiger partial charge in [-0.15, -0.1) is 13.2 Å². The molecule has 0 aliphatic carbocycles. The van der Waals surface area contributed by atoms with E-state index in [1.807, 2.05) is 0 Å². The van der Waals surface area contributed by atoms with E-state index in [-0.39, 0.29) is 23.2 Å². The molecule has 12 heteroatoms. The topological polar surface area (TPSA) is 102 Å². The molecule has 0 aromatic heterocycles. The van der Waals surface area contributed by atoms with Crippen LogP contribution in [-0.2, 0) is 32.3 Å². The molecule has 0 heterocycles. The van der Waals surface area contributed by atoms with Crippen molar-refractivity contribution in [3.63, 3.8) is 0 Å². The highest BCUT2D eigenvalue weighted by molar-refractivity contribution is 7.89. The number of sulfonamides is 2. The molecular weight excluding hydrogens is 445 g/mol. The molecule has 0 aliphatic heterocycles. The Kier molecular flexibility index (Phi) is 7.50. The highest BCUT2D eigenvalue weighted by Crippen LogP contribution is 2.24. The highest BCUT2D eigenvalue weighted by Gasteiger charge is 2.31. The minimum atomic E-state index is -4.87. The van der Waals surface area contributed by atoms with Crippen LogP contribution in [0, 0.1) is 0 Å². The summed E-state index contributed by atoms with van der Waals surface area (Å²) in [7, 11) is -7.44. The van der Waals surface area contributed by atoms with Crippen LogP contribution in [0.5, 0.6) is 5.75 Å². The lowest BCUT2D eigenvalue weighted by molar-refractivity contribution is -0.274. The lowest BCUT2D eigenvalue weighted by atomic mass is 10.1. The minimum absolute atomic E-state index is 0.0829. The standard InChI is InChI=1S/C18H21F3N2O5S2/c1-13(2)23-29(24,25)12-15-5-3-14(4-6-15)11-22-30(26,27)17-9-7-16(8-10-17)28-18(19,20)21/h3-10,13,22-23H,11-12H2,1-2H3. The fourth-order valence-electron chi connectivity index (χ4n) is 2.46. The number of ether oxygens (including phenoxy) is 1. The molecule has 2 aromatic carbocycles. The first-order chi connectivity index (χ1) is 13.8. The largest absolute Gasteiger partial charge is 0.573 e. The van der Waals surface area contributed by atoms with E-state index in [4.69, 9.17) is 0 Å². The molecule has 0 spiro atoms. The monoisotopic (exact) mass is 466 g/mol. The second-order valence-electron chi connectivity index (χ2n) is 6.69.